The molecule has 1 N–H and O–H groups in total. The van der Waals surface area contributed by atoms with Gasteiger partial charge >= 0.3 is 0 Å². The Kier molecular flexibility index (Phi) is 6.56. The van der Waals surface area contributed by atoms with Crippen LogP contribution in [0.2, 0.25) is 0 Å². The first-order valence-corrected chi connectivity index (χ1v) is 8.96. The lowest BCUT2D eigenvalue weighted by molar-refractivity contribution is -0.124. The van der Waals surface area contributed by atoms with Crippen molar-refractivity contribution >= 4 is 5.91 Å². The minimum Gasteiger partial charge on any atom is -0.493 e. The summed E-state index contributed by atoms with van der Waals surface area (Å²) in [4.78, 5) is 12.8. The van der Waals surface area contributed by atoms with Gasteiger partial charge < -0.3 is 14.8 Å². The predicted molar refractivity (Wildman–Crippen MR) is 103 cm³/mol. The maximum absolute atomic E-state index is 12.8. The molecule has 0 saturated carbocycles. The van der Waals surface area contributed by atoms with Gasteiger partial charge in [0.15, 0.2) is 11.5 Å². The van der Waals surface area contributed by atoms with E-state index in [0.717, 1.165) is 11.1 Å². The average Bonchev–Trinajstić information content (AvgIpc) is 3.27. The number of methoxy groups -OCH3 is 2. The van der Waals surface area contributed by atoms with Gasteiger partial charge in [-0.1, -0.05) is 36.4 Å². The molecule has 0 unspecified atom stereocenters. The quantitative estimate of drug-likeness (QED) is 0.608. The molecule has 0 fully saturated rings. The first kappa shape index (κ1) is 19.3. The minimum absolute atomic E-state index is 0.128. The molecule has 1 aromatic heterocycles. The van der Waals surface area contributed by atoms with E-state index in [1.54, 1.807) is 14.2 Å². The van der Waals surface area contributed by atoms with E-state index in [4.69, 9.17) is 9.47 Å². The molecule has 2 aromatic carbocycles. The van der Waals surface area contributed by atoms with E-state index in [-0.39, 0.29) is 5.91 Å². The van der Waals surface area contributed by atoms with E-state index in [1.807, 2.05) is 48.5 Å². The summed E-state index contributed by atoms with van der Waals surface area (Å²) in [5.74, 6) is 1.22. The molecule has 0 radical (unpaired) electrons. The zero-order valence-corrected chi connectivity index (χ0v) is 15.9. The standard InChI is InChI=1S/C20H23N5O3/c1-27-18-9-8-16(13-19(18)28-2)10-11-21-20(26)17(25-14-22-23-24-25)12-15-6-4-3-5-7-15/h3-9,13-14,17H,10-12H2,1-2H3,(H,21,26)/t17-/m0/s1. The summed E-state index contributed by atoms with van der Waals surface area (Å²) < 4.78 is 12.1. The van der Waals surface area contributed by atoms with E-state index in [9.17, 15) is 4.79 Å². The van der Waals surface area contributed by atoms with E-state index >= 15 is 0 Å². The van der Waals surface area contributed by atoms with Gasteiger partial charge in [-0.3, -0.25) is 4.79 Å². The molecule has 0 aliphatic carbocycles. The summed E-state index contributed by atoms with van der Waals surface area (Å²) in [7, 11) is 3.20. The number of hydrogen-bond acceptors (Lipinski definition) is 6. The van der Waals surface area contributed by atoms with Crippen LogP contribution in [0, 0.1) is 0 Å². The zero-order valence-electron chi connectivity index (χ0n) is 15.9. The highest BCUT2D eigenvalue weighted by atomic mass is 16.5. The zero-order chi connectivity index (χ0) is 19.8. The average molecular weight is 381 g/mol. The third-order valence-electron chi connectivity index (χ3n) is 4.42. The summed E-state index contributed by atoms with van der Waals surface area (Å²) in [6, 6.07) is 15.0. The van der Waals surface area contributed by atoms with Gasteiger partial charge in [0.2, 0.25) is 5.91 Å². The number of ether oxygens (including phenoxy) is 2. The van der Waals surface area contributed by atoms with Crippen molar-refractivity contribution in [2.24, 2.45) is 0 Å². The van der Waals surface area contributed by atoms with Gasteiger partial charge in [-0.25, -0.2) is 4.68 Å². The molecule has 1 atom stereocenters. The Morgan fingerprint density at radius 2 is 1.86 bits per heavy atom. The number of benzene rings is 2. The number of carbonyl (C=O) groups is 1. The molecule has 146 valence electrons. The Balaban J connectivity index is 1.62. The van der Waals surface area contributed by atoms with Crippen LogP contribution in [0.3, 0.4) is 0 Å². The number of nitrogens with one attached hydrogen (secondary N) is 1. The van der Waals surface area contributed by atoms with Crippen LogP contribution in [0.1, 0.15) is 17.2 Å². The molecule has 8 heteroatoms. The smallest absolute Gasteiger partial charge is 0.245 e. The van der Waals surface area contributed by atoms with Crippen molar-refractivity contribution in [2.75, 3.05) is 20.8 Å². The third-order valence-corrected chi connectivity index (χ3v) is 4.42. The fourth-order valence-corrected chi connectivity index (χ4v) is 2.94. The molecule has 0 saturated heterocycles. The normalized spacial score (nSPS) is 11.6. The SMILES string of the molecule is COc1ccc(CCNC(=O)[C@H](Cc2ccccc2)n2cnnn2)cc1OC. The summed E-state index contributed by atoms with van der Waals surface area (Å²) in [5, 5.41) is 14.2. The predicted octanol–water partition coefficient (Wildman–Crippen LogP) is 1.83. The van der Waals surface area contributed by atoms with E-state index in [1.165, 1.54) is 11.0 Å². The monoisotopic (exact) mass is 381 g/mol. The van der Waals surface area contributed by atoms with Crippen LogP contribution in [-0.4, -0.2) is 46.9 Å². The van der Waals surface area contributed by atoms with E-state index < -0.39 is 6.04 Å². The van der Waals surface area contributed by atoms with Crippen LogP contribution < -0.4 is 14.8 Å². The summed E-state index contributed by atoms with van der Waals surface area (Å²) in [6.45, 7) is 0.488. The Bertz CT molecular complexity index is 884. The van der Waals surface area contributed by atoms with Gasteiger partial charge in [-0.05, 0) is 40.1 Å². The number of aromatic nitrogens is 4. The second-order valence-electron chi connectivity index (χ2n) is 6.23. The van der Waals surface area contributed by atoms with Gasteiger partial charge in [0.25, 0.3) is 0 Å². The number of hydrogen-bond donors (Lipinski definition) is 1. The number of carbonyl (C=O) groups excluding carboxylic acids is 1. The second-order valence-corrected chi connectivity index (χ2v) is 6.23. The topological polar surface area (TPSA) is 91.2 Å². The van der Waals surface area contributed by atoms with Crippen molar-refractivity contribution in [1.29, 1.82) is 0 Å². The fraction of sp³-hybridized carbons (Fsp3) is 0.300. The van der Waals surface area contributed by atoms with Crippen molar-refractivity contribution in [3.8, 4) is 11.5 Å². The van der Waals surface area contributed by atoms with Crippen molar-refractivity contribution < 1.29 is 14.3 Å². The summed E-state index contributed by atoms with van der Waals surface area (Å²) in [5.41, 5.74) is 2.08. The highest BCUT2D eigenvalue weighted by Crippen LogP contribution is 2.27. The minimum atomic E-state index is -0.511. The van der Waals surface area contributed by atoms with Crippen molar-refractivity contribution in [3.05, 3.63) is 66.0 Å². The number of nitrogens with zero attached hydrogens (tertiary/aromatic N) is 4. The van der Waals surface area contributed by atoms with Gasteiger partial charge in [-0.2, -0.15) is 0 Å². The largest absolute Gasteiger partial charge is 0.493 e. The fourth-order valence-electron chi connectivity index (χ4n) is 2.94. The van der Waals surface area contributed by atoms with Crippen LogP contribution in [0.5, 0.6) is 11.5 Å². The molecule has 8 nitrogen and oxygen atoms in total. The van der Waals surface area contributed by atoms with Crippen LogP contribution in [0.15, 0.2) is 54.9 Å². The maximum atomic E-state index is 12.8. The lowest BCUT2D eigenvalue weighted by Gasteiger charge is -2.16. The lowest BCUT2D eigenvalue weighted by Crippen LogP contribution is -2.35. The van der Waals surface area contributed by atoms with Crippen LogP contribution in [-0.2, 0) is 17.6 Å². The first-order chi connectivity index (χ1) is 13.7. The molecule has 3 rings (SSSR count). The van der Waals surface area contributed by atoms with Gasteiger partial charge in [0.1, 0.15) is 12.4 Å². The van der Waals surface area contributed by atoms with Crippen molar-refractivity contribution in [1.82, 2.24) is 25.5 Å². The Morgan fingerprint density at radius 3 is 2.54 bits per heavy atom. The molecular weight excluding hydrogens is 358 g/mol. The summed E-state index contributed by atoms with van der Waals surface area (Å²) >= 11 is 0. The Labute approximate surface area is 163 Å². The highest BCUT2D eigenvalue weighted by molar-refractivity contribution is 5.80. The van der Waals surface area contributed by atoms with E-state index in [0.29, 0.717) is 30.9 Å². The van der Waals surface area contributed by atoms with Crippen molar-refractivity contribution in [3.63, 3.8) is 0 Å². The number of amides is 1. The number of tetrazole rings is 1. The Hall–Kier alpha value is -3.42. The van der Waals surface area contributed by atoms with Crippen molar-refractivity contribution in [2.45, 2.75) is 18.9 Å². The second kappa shape index (κ2) is 9.50. The maximum Gasteiger partial charge on any atom is 0.245 e. The summed E-state index contributed by atoms with van der Waals surface area (Å²) in [6.07, 6.45) is 2.63. The lowest BCUT2D eigenvalue weighted by atomic mass is 10.1. The third kappa shape index (κ3) is 4.85. The molecular formula is C20H23N5O3. The van der Waals surface area contributed by atoms with E-state index in [2.05, 4.69) is 20.8 Å². The molecule has 0 aliphatic heterocycles. The molecule has 3 aromatic rings. The van der Waals surface area contributed by atoms with Crippen LogP contribution in [0.25, 0.3) is 0 Å². The van der Waals surface area contributed by atoms with Gasteiger partial charge in [0.05, 0.1) is 14.2 Å². The molecule has 1 heterocycles. The van der Waals surface area contributed by atoms with Crippen LogP contribution >= 0.6 is 0 Å². The highest BCUT2D eigenvalue weighted by Gasteiger charge is 2.22. The molecule has 0 spiro atoms. The first-order valence-electron chi connectivity index (χ1n) is 8.96. The molecule has 1 amide bonds. The molecule has 28 heavy (non-hydrogen) atoms. The van der Waals surface area contributed by atoms with Crippen LogP contribution in [0.4, 0.5) is 0 Å². The Morgan fingerprint density at radius 1 is 1.07 bits per heavy atom. The van der Waals surface area contributed by atoms with Gasteiger partial charge in [-0.15, -0.1) is 5.10 Å². The number of rotatable bonds is 9. The molecule has 0 bridgehead atoms. The van der Waals surface area contributed by atoms with Gasteiger partial charge in [0, 0.05) is 13.0 Å². The molecule has 0 aliphatic rings.